The molecule has 120 valence electrons. The van der Waals surface area contributed by atoms with E-state index < -0.39 is 6.04 Å². The Morgan fingerprint density at radius 2 is 1.86 bits per heavy atom. The van der Waals surface area contributed by atoms with Crippen molar-refractivity contribution < 1.29 is 9.59 Å². The summed E-state index contributed by atoms with van der Waals surface area (Å²) in [6, 6.07) is 7.48. The zero-order valence-electron chi connectivity index (χ0n) is 14.2. The average molecular weight is 302 g/mol. The van der Waals surface area contributed by atoms with Crippen LogP contribution in [0.1, 0.15) is 39.7 Å². The molecular weight excluding hydrogens is 276 g/mol. The quantitative estimate of drug-likeness (QED) is 0.842. The number of benzene rings is 1. The summed E-state index contributed by atoms with van der Waals surface area (Å²) >= 11 is 0. The van der Waals surface area contributed by atoms with E-state index in [1.54, 1.807) is 9.80 Å². The number of rotatable bonds is 2. The van der Waals surface area contributed by atoms with Gasteiger partial charge in [0.15, 0.2) is 0 Å². The molecule has 0 saturated carbocycles. The summed E-state index contributed by atoms with van der Waals surface area (Å²) in [6.07, 6.45) is 0.467. The highest BCUT2D eigenvalue weighted by Gasteiger charge is 2.36. The van der Waals surface area contributed by atoms with Crippen LogP contribution in [0.2, 0.25) is 0 Å². The number of anilines is 1. The predicted molar refractivity (Wildman–Crippen MR) is 88.8 cm³/mol. The van der Waals surface area contributed by atoms with Crippen LogP contribution in [0, 0.1) is 12.3 Å². The number of carbonyl (C=O) groups is 2. The van der Waals surface area contributed by atoms with Gasteiger partial charge in [-0.25, -0.2) is 0 Å². The summed E-state index contributed by atoms with van der Waals surface area (Å²) < 4.78 is 0. The van der Waals surface area contributed by atoms with Crippen molar-refractivity contribution in [1.82, 2.24) is 4.90 Å². The molecule has 0 bridgehead atoms. The highest BCUT2D eigenvalue weighted by Crippen LogP contribution is 2.26. The molecule has 1 saturated heterocycles. The Balaban J connectivity index is 2.15. The molecule has 0 aromatic heterocycles. The first-order chi connectivity index (χ1) is 10.2. The molecule has 2 amide bonds. The van der Waals surface area contributed by atoms with E-state index in [1.165, 1.54) is 0 Å². The molecule has 4 heteroatoms. The van der Waals surface area contributed by atoms with Crippen LogP contribution < -0.4 is 4.90 Å². The molecule has 0 unspecified atom stereocenters. The minimum Gasteiger partial charge on any atom is -0.329 e. The van der Waals surface area contributed by atoms with Crippen LogP contribution in [0.5, 0.6) is 0 Å². The Morgan fingerprint density at radius 1 is 1.23 bits per heavy atom. The molecule has 0 radical (unpaired) electrons. The number of aryl methyl sites for hydroxylation is 1. The smallest absolute Gasteiger partial charge is 0.249 e. The molecule has 1 aromatic carbocycles. The van der Waals surface area contributed by atoms with Crippen molar-refractivity contribution in [2.24, 2.45) is 5.41 Å². The fourth-order valence-corrected chi connectivity index (χ4v) is 2.87. The van der Waals surface area contributed by atoms with Crippen LogP contribution in [0.25, 0.3) is 0 Å². The summed E-state index contributed by atoms with van der Waals surface area (Å²) in [5.74, 6) is 0.0700. The van der Waals surface area contributed by atoms with Gasteiger partial charge in [-0.05, 0) is 30.9 Å². The first-order valence-electron chi connectivity index (χ1n) is 7.87. The van der Waals surface area contributed by atoms with Crippen LogP contribution in [0.4, 0.5) is 5.69 Å². The van der Waals surface area contributed by atoms with Gasteiger partial charge < -0.3 is 9.80 Å². The molecule has 0 aliphatic carbocycles. The average Bonchev–Trinajstić information content (AvgIpc) is 2.41. The van der Waals surface area contributed by atoms with Crippen molar-refractivity contribution >= 4 is 17.5 Å². The van der Waals surface area contributed by atoms with Gasteiger partial charge in [0.05, 0.1) is 0 Å². The molecule has 0 spiro atoms. The van der Waals surface area contributed by atoms with Gasteiger partial charge in [-0.1, -0.05) is 39.0 Å². The van der Waals surface area contributed by atoms with Crippen LogP contribution >= 0.6 is 0 Å². The van der Waals surface area contributed by atoms with Crippen LogP contribution in [0.15, 0.2) is 24.3 Å². The minimum absolute atomic E-state index is 0.00260. The molecule has 22 heavy (non-hydrogen) atoms. The van der Waals surface area contributed by atoms with E-state index in [-0.39, 0.29) is 17.2 Å². The predicted octanol–water partition coefficient (Wildman–Crippen LogP) is 2.99. The van der Waals surface area contributed by atoms with Gasteiger partial charge in [-0.2, -0.15) is 0 Å². The lowest BCUT2D eigenvalue weighted by atomic mass is 9.91. The van der Waals surface area contributed by atoms with E-state index in [2.05, 4.69) is 0 Å². The lowest BCUT2D eigenvalue weighted by Crippen LogP contribution is -2.58. The Bertz CT molecular complexity index is 575. The second-order valence-electron chi connectivity index (χ2n) is 7.28. The summed E-state index contributed by atoms with van der Waals surface area (Å²) in [5.41, 5.74) is 1.97. The third-order valence-electron chi connectivity index (χ3n) is 4.06. The van der Waals surface area contributed by atoms with Gasteiger partial charge in [-0.15, -0.1) is 0 Å². The summed E-state index contributed by atoms with van der Waals surface area (Å²) in [4.78, 5) is 28.7. The van der Waals surface area contributed by atoms with E-state index in [0.717, 1.165) is 11.3 Å². The highest BCUT2D eigenvalue weighted by molar-refractivity contribution is 6.00. The number of carbonyl (C=O) groups excluding carboxylic acids is 2. The molecule has 1 aromatic rings. The van der Waals surface area contributed by atoms with E-state index in [0.29, 0.717) is 19.5 Å². The van der Waals surface area contributed by atoms with Gasteiger partial charge in [0.2, 0.25) is 11.8 Å². The fourth-order valence-electron chi connectivity index (χ4n) is 2.87. The molecule has 4 nitrogen and oxygen atoms in total. The molecule has 1 heterocycles. The maximum absolute atomic E-state index is 12.7. The van der Waals surface area contributed by atoms with Crippen molar-refractivity contribution in [3.8, 4) is 0 Å². The summed E-state index contributed by atoms with van der Waals surface area (Å²) in [5, 5.41) is 0. The lowest BCUT2D eigenvalue weighted by Gasteiger charge is -2.40. The molecule has 1 fully saturated rings. The Morgan fingerprint density at radius 3 is 2.45 bits per heavy atom. The second kappa shape index (κ2) is 6.11. The molecular formula is C18H26N2O2. The first-order valence-corrected chi connectivity index (χ1v) is 7.87. The van der Waals surface area contributed by atoms with E-state index in [4.69, 9.17) is 0 Å². The van der Waals surface area contributed by atoms with Crippen LogP contribution in [-0.4, -0.2) is 35.8 Å². The van der Waals surface area contributed by atoms with Crippen molar-refractivity contribution in [2.45, 2.75) is 47.1 Å². The summed E-state index contributed by atoms with van der Waals surface area (Å²) in [6.45, 7) is 11.1. The van der Waals surface area contributed by atoms with Crippen molar-refractivity contribution in [1.29, 1.82) is 0 Å². The molecule has 1 aliphatic heterocycles. The second-order valence-corrected chi connectivity index (χ2v) is 7.28. The minimum atomic E-state index is -0.400. The molecule has 2 rings (SSSR count). The van der Waals surface area contributed by atoms with Gasteiger partial charge >= 0.3 is 0 Å². The number of para-hydroxylation sites is 1. The Labute approximate surface area is 133 Å². The topological polar surface area (TPSA) is 40.6 Å². The SMILES string of the molecule is Cc1ccccc1N1CCN(C(=O)CC(C)(C)C)[C@@H](C)C1=O. The monoisotopic (exact) mass is 302 g/mol. The molecule has 1 atom stereocenters. The standard InChI is InChI=1S/C18H26N2O2/c1-13-8-6-7-9-15(13)20-11-10-19(14(2)17(20)22)16(21)12-18(3,4)5/h6-9,14H,10-12H2,1-5H3/t14-/m0/s1. The Kier molecular flexibility index (Phi) is 4.59. The zero-order chi connectivity index (χ0) is 16.5. The highest BCUT2D eigenvalue weighted by atomic mass is 16.2. The number of amides is 2. The fraction of sp³-hybridized carbons (Fsp3) is 0.556. The summed E-state index contributed by atoms with van der Waals surface area (Å²) in [7, 11) is 0. The number of nitrogens with zero attached hydrogens (tertiary/aromatic N) is 2. The lowest BCUT2D eigenvalue weighted by molar-refractivity contribution is -0.142. The molecule has 0 N–H and O–H groups in total. The third kappa shape index (κ3) is 3.49. The van der Waals surface area contributed by atoms with Crippen molar-refractivity contribution in [3.63, 3.8) is 0 Å². The number of piperazine rings is 1. The van der Waals surface area contributed by atoms with E-state index in [9.17, 15) is 9.59 Å². The maximum Gasteiger partial charge on any atom is 0.249 e. The maximum atomic E-state index is 12.7. The molecule has 1 aliphatic rings. The first kappa shape index (κ1) is 16.5. The zero-order valence-corrected chi connectivity index (χ0v) is 14.2. The van der Waals surface area contributed by atoms with Crippen molar-refractivity contribution in [3.05, 3.63) is 29.8 Å². The Hall–Kier alpha value is -1.84. The van der Waals surface area contributed by atoms with E-state index >= 15 is 0 Å². The van der Waals surface area contributed by atoms with Crippen molar-refractivity contribution in [2.75, 3.05) is 18.0 Å². The third-order valence-corrected chi connectivity index (χ3v) is 4.06. The van der Waals surface area contributed by atoms with Gasteiger partial charge in [0, 0.05) is 25.2 Å². The normalized spacial score (nSPS) is 19.5. The van der Waals surface area contributed by atoms with Gasteiger partial charge in [0.1, 0.15) is 6.04 Å². The number of hydrogen-bond donors (Lipinski definition) is 0. The number of hydrogen-bond acceptors (Lipinski definition) is 2. The van der Waals surface area contributed by atoms with Gasteiger partial charge in [0.25, 0.3) is 0 Å². The van der Waals surface area contributed by atoms with Crippen LogP contribution in [-0.2, 0) is 9.59 Å². The van der Waals surface area contributed by atoms with Gasteiger partial charge in [-0.3, -0.25) is 9.59 Å². The van der Waals surface area contributed by atoms with Crippen LogP contribution in [0.3, 0.4) is 0 Å². The largest absolute Gasteiger partial charge is 0.329 e. The van der Waals surface area contributed by atoms with E-state index in [1.807, 2.05) is 58.9 Å².